The van der Waals surface area contributed by atoms with Crippen molar-refractivity contribution in [3.63, 3.8) is 0 Å². The summed E-state index contributed by atoms with van der Waals surface area (Å²) in [6.45, 7) is 3.04. The van der Waals surface area contributed by atoms with Crippen molar-refractivity contribution in [3.05, 3.63) is 85.7 Å². The van der Waals surface area contributed by atoms with E-state index < -0.39 is 24.0 Å². The summed E-state index contributed by atoms with van der Waals surface area (Å²) in [5.74, 6) is -0.847. The number of carbonyl (C=O) groups is 1. The lowest BCUT2D eigenvalue weighted by Gasteiger charge is -2.02. The Hall–Kier alpha value is -2.93. The normalized spacial score (nSPS) is 10.0. The molecule has 0 spiro atoms. The molecule has 0 saturated carbocycles. The van der Waals surface area contributed by atoms with Crippen LogP contribution in [0.25, 0.3) is 21.8 Å². The minimum absolute atomic E-state index is 0.0168. The zero-order chi connectivity index (χ0) is 21.6. The predicted octanol–water partition coefficient (Wildman–Crippen LogP) is 6.72. The van der Waals surface area contributed by atoms with Crippen LogP contribution < -0.4 is 0 Å². The van der Waals surface area contributed by atoms with Crippen LogP contribution in [0.2, 0.25) is 10.0 Å². The Kier molecular flexibility index (Phi) is 7.73. The number of benzene rings is 2. The minimum Gasteiger partial charge on any atom is -0.441 e. The monoisotopic (exact) mass is 438 g/mol. The summed E-state index contributed by atoms with van der Waals surface area (Å²) in [6.07, 6.45) is 0. The number of aromatic nitrogens is 1. The number of ketones is 1. The van der Waals surface area contributed by atoms with E-state index in [1.165, 1.54) is 18.2 Å². The van der Waals surface area contributed by atoms with Crippen LogP contribution in [0.15, 0.2) is 45.9 Å². The number of nitrogens with zero attached hydrogens (tertiary/aromatic N) is 4. The third-order valence-electron chi connectivity index (χ3n) is 3.61. The second-order valence-corrected chi connectivity index (χ2v) is 6.47. The molecule has 3 rings (SSSR count). The van der Waals surface area contributed by atoms with Gasteiger partial charge in [-0.15, -0.1) is 0 Å². The molecule has 0 aliphatic rings. The lowest BCUT2D eigenvalue weighted by atomic mass is 10.1. The number of carbonyl (C=O) groups excluding carboxylic acids is 1. The molecule has 0 saturated heterocycles. The first kappa shape index (κ1) is 22.4. The molecule has 6 nitrogen and oxygen atoms in total. The van der Waals surface area contributed by atoms with Crippen LogP contribution in [0.3, 0.4) is 0 Å². The molecular formula is C19H14Cl2F2N4O2. The van der Waals surface area contributed by atoms with Gasteiger partial charge in [0.2, 0.25) is 0 Å². The maximum absolute atomic E-state index is 13.6. The summed E-state index contributed by atoms with van der Waals surface area (Å²) in [5.41, 5.74) is 8.66. The summed E-state index contributed by atoms with van der Waals surface area (Å²) in [7, 11) is 0. The summed E-state index contributed by atoms with van der Waals surface area (Å²) >= 11 is 11.5. The van der Waals surface area contributed by atoms with E-state index in [1.807, 2.05) is 0 Å². The Balaban J connectivity index is 0.000000208. The number of rotatable bonds is 4. The van der Waals surface area contributed by atoms with Gasteiger partial charge in [-0.25, -0.2) is 13.8 Å². The quantitative estimate of drug-likeness (QED) is 0.195. The molecule has 29 heavy (non-hydrogen) atoms. The average Bonchev–Trinajstić information content (AvgIpc) is 2.98. The van der Waals surface area contributed by atoms with Crippen molar-refractivity contribution in [3.8, 4) is 11.3 Å². The molecular weight excluding hydrogens is 425 g/mol. The van der Waals surface area contributed by atoms with Crippen molar-refractivity contribution < 1.29 is 18.0 Å². The van der Waals surface area contributed by atoms with E-state index in [0.29, 0.717) is 22.4 Å². The fraction of sp³-hybridized carbons (Fsp3) is 0.158. The molecule has 1 aromatic heterocycles. The Morgan fingerprint density at radius 3 is 2.28 bits per heavy atom. The molecule has 10 heteroatoms. The lowest BCUT2D eigenvalue weighted by Crippen LogP contribution is -2.06. The summed E-state index contributed by atoms with van der Waals surface area (Å²) < 4.78 is 32.0. The maximum atomic E-state index is 13.6. The first-order valence-electron chi connectivity index (χ1n) is 8.12. The van der Waals surface area contributed by atoms with Crippen molar-refractivity contribution >= 4 is 29.0 Å². The van der Waals surface area contributed by atoms with Crippen LogP contribution in [0.1, 0.15) is 21.9 Å². The largest absolute Gasteiger partial charge is 0.441 e. The Morgan fingerprint density at radius 1 is 1.14 bits per heavy atom. The highest BCUT2D eigenvalue weighted by atomic mass is 35.5. The number of azide groups is 1. The lowest BCUT2D eigenvalue weighted by molar-refractivity contribution is 0.0998. The highest BCUT2D eigenvalue weighted by Crippen LogP contribution is 2.33. The molecule has 0 bridgehead atoms. The zero-order valence-corrected chi connectivity index (χ0v) is 16.8. The summed E-state index contributed by atoms with van der Waals surface area (Å²) in [5, 5.41) is 3.38. The highest BCUT2D eigenvalue weighted by Gasteiger charge is 2.17. The van der Waals surface area contributed by atoms with Crippen LogP contribution in [0, 0.1) is 25.5 Å². The van der Waals surface area contributed by atoms with Crippen LogP contribution in [-0.2, 0) is 0 Å². The van der Waals surface area contributed by atoms with E-state index in [0.717, 1.165) is 6.07 Å². The fourth-order valence-electron chi connectivity index (χ4n) is 2.42. The third kappa shape index (κ3) is 5.54. The molecule has 150 valence electrons. The van der Waals surface area contributed by atoms with Gasteiger partial charge in [0.15, 0.2) is 17.4 Å². The van der Waals surface area contributed by atoms with E-state index in [-0.39, 0.29) is 16.1 Å². The topological polar surface area (TPSA) is 91.9 Å². The van der Waals surface area contributed by atoms with E-state index >= 15 is 0 Å². The molecule has 2 aromatic carbocycles. The van der Waals surface area contributed by atoms with Gasteiger partial charge in [-0.2, -0.15) is 0 Å². The van der Waals surface area contributed by atoms with Crippen LogP contribution in [0.5, 0.6) is 0 Å². The van der Waals surface area contributed by atoms with Crippen molar-refractivity contribution in [2.24, 2.45) is 5.11 Å². The van der Waals surface area contributed by atoms with Crippen LogP contribution in [-0.4, -0.2) is 17.3 Å². The average molecular weight is 439 g/mol. The van der Waals surface area contributed by atoms with Gasteiger partial charge in [-0.05, 0) is 36.7 Å². The highest BCUT2D eigenvalue weighted by molar-refractivity contribution is 6.34. The molecule has 0 fully saturated rings. The first-order valence-corrected chi connectivity index (χ1v) is 8.88. The van der Waals surface area contributed by atoms with Gasteiger partial charge in [0.25, 0.3) is 0 Å². The predicted molar refractivity (Wildman–Crippen MR) is 106 cm³/mol. The molecule has 0 amide bonds. The van der Waals surface area contributed by atoms with Crippen molar-refractivity contribution in [1.82, 2.24) is 4.98 Å². The Morgan fingerprint density at radius 2 is 1.76 bits per heavy atom. The molecule has 3 aromatic rings. The molecule has 1 heterocycles. The van der Waals surface area contributed by atoms with Gasteiger partial charge in [0, 0.05) is 11.8 Å². The van der Waals surface area contributed by atoms with E-state index in [1.54, 1.807) is 26.0 Å². The third-order valence-corrected chi connectivity index (χ3v) is 4.24. The van der Waals surface area contributed by atoms with Gasteiger partial charge in [-0.1, -0.05) is 40.4 Å². The smallest absolute Gasteiger partial charge is 0.192 e. The zero-order valence-electron chi connectivity index (χ0n) is 15.3. The number of halogens is 4. The van der Waals surface area contributed by atoms with E-state index in [4.69, 9.17) is 33.2 Å². The number of hydrogen-bond acceptors (Lipinski definition) is 4. The second-order valence-electron chi connectivity index (χ2n) is 5.65. The first-order chi connectivity index (χ1) is 13.8. The van der Waals surface area contributed by atoms with Gasteiger partial charge in [-0.3, -0.25) is 4.79 Å². The minimum atomic E-state index is -0.712. The molecule has 0 atom stereocenters. The molecule has 0 aliphatic heterocycles. The maximum Gasteiger partial charge on any atom is 0.192 e. The molecule has 0 radical (unpaired) electrons. The van der Waals surface area contributed by atoms with Crippen LogP contribution in [0.4, 0.5) is 8.78 Å². The number of oxazole rings is 1. The SMILES string of the molecule is Cc1nc(C)c(-c2c(F)cccc2Cl)o1.[N-]=[N+]=NCC(=O)c1c(F)cccc1Cl. The van der Waals surface area contributed by atoms with E-state index in [9.17, 15) is 13.6 Å². The fourth-order valence-corrected chi connectivity index (χ4v) is 2.93. The number of Topliss-reactive ketones (excluding diaryl/α,β-unsaturated/α-hetero) is 1. The summed E-state index contributed by atoms with van der Waals surface area (Å²) in [4.78, 5) is 17.7. The molecule has 0 unspecified atom stereocenters. The van der Waals surface area contributed by atoms with Gasteiger partial charge < -0.3 is 4.42 Å². The van der Waals surface area contributed by atoms with Gasteiger partial charge in [0.05, 0.1) is 33.4 Å². The molecule has 0 N–H and O–H groups in total. The van der Waals surface area contributed by atoms with E-state index in [2.05, 4.69) is 15.0 Å². The number of hydrogen-bond donors (Lipinski definition) is 0. The van der Waals surface area contributed by atoms with Crippen molar-refractivity contribution in [1.29, 1.82) is 0 Å². The standard InChI is InChI=1S/C11H9ClFNO.C8H5ClFN3O/c1-6-11(15-7(2)14-6)10-8(12)4-3-5-9(10)13;9-5-2-1-3-6(10)8(5)7(14)4-12-13-11/h3-5H,1-2H3;1-3H,4H2. The summed E-state index contributed by atoms with van der Waals surface area (Å²) in [6, 6.07) is 8.43. The van der Waals surface area contributed by atoms with Crippen LogP contribution >= 0.6 is 23.2 Å². The second kappa shape index (κ2) is 10.0. The van der Waals surface area contributed by atoms with Crippen molar-refractivity contribution in [2.45, 2.75) is 13.8 Å². The molecule has 0 aliphatic carbocycles. The number of aryl methyl sites for hydroxylation is 2. The van der Waals surface area contributed by atoms with Gasteiger partial charge in [0.1, 0.15) is 11.6 Å². The Bertz CT molecular complexity index is 1060. The van der Waals surface area contributed by atoms with Gasteiger partial charge >= 0.3 is 0 Å². The van der Waals surface area contributed by atoms with Crippen molar-refractivity contribution in [2.75, 3.05) is 6.54 Å². The Labute approximate surface area is 174 Å².